The van der Waals surface area contributed by atoms with E-state index in [4.69, 9.17) is 18.6 Å². The third kappa shape index (κ3) is 6.76. The highest BCUT2D eigenvalue weighted by Crippen LogP contribution is 2.33. The van der Waals surface area contributed by atoms with Crippen LogP contribution in [0.15, 0.2) is 51.7 Å². The Hall–Kier alpha value is -2.99. The van der Waals surface area contributed by atoms with Gasteiger partial charge >= 0.3 is 0 Å². The van der Waals surface area contributed by atoms with Crippen molar-refractivity contribution in [2.24, 2.45) is 0 Å². The molecule has 2 aromatic carbocycles. The van der Waals surface area contributed by atoms with Crippen LogP contribution in [0, 0.1) is 0 Å². The summed E-state index contributed by atoms with van der Waals surface area (Å²) in [6, 6.07) is 12.4. The number of ether oxygens (including phenoxy) is 3. The van der Waals surface area contributed by atoms with Gasteiger partial charge in [-0.25, -0.2) is 0 Å². The van der Waals surface area contributed by atoms with Gasteiger partial charge in [0.15, 0.2) is 16.9 Å². The molecule has 0 atom stereocenters. The number of hydrogen-bond acceptors (Lipinski definition) is 6. The maximum Gasteiger partial charge on any atom is 0.193 e. The largest absolute Gasteiger partial charge is 0.494 e. The van der Waals surface area contributed by atoms with Crippen LogP contribution in [0.4, 0.5) is 0 Å². The topological polar surface area (TPSA) is 61.1 Å². The van der Waals surface area contributed by atoms with E-state index >= 15 is 0 Å². The maximum absolute atomic E-state index is 12.8. The molecule has 0 saturated heterocycles. The molecule has 0 saturated carbocycles. The molecule has 0 aliphatic rings. The van der Waals surface area contributed by atoms with Crippen molar-refractivity contribution in [3.63, 3.8) is 0 Å². The first-order valence-corrected chi connectivity index (χ1v) is 12.2. The second-order valence-electron chi connectivity index (χ2n) is 8.45. The molecule has 184 valence electrons. The normalized spacial score (nSPS) is 11.2. The quantitative estimate of drug-likeness (QED) is 0.265. The lowest BCUT2D eigenvalue weighted by molar-refractivity contribution is 0.259. The standard InChI is InChI=1S/C28H37NO5/c1-5-14-29(15-6-2)16-8-7-9-17-33-22-11-13-25-23(19-22)24(30)20-27(34-25)21-10-12-26(31-3)28(18-21)32-4/h10-13,18-20H,5-9,14-17H2,1-4H3. The lowest BCUT2D eigenvalue weighted by atomic mass is 10.1. The SMILES string of the molecule is CCCN(CCC)CCCCCOc1ccc2oc(-c3ccc(OC)c(OC)c3)cc(=O)c2c1. The number of benzene rings is 2. The Morgan fingerprint density at radius 1 is 0.824 bits per heavy atom. The molecule has 34 heavy (non-hydrogen) atoms. The molecule has 0 N–H and O–H groups in total. The molecule has 0 fully saturated rings. The van der Waals surface area contributed by atoms with Gasteiger partial charge in [-0.3, -0.25) is 4.79 Å². The van der Waals surface area contributed by atoms with E-state index < -0.39 is 0 Å². The van der Waals surface area contributed by atoms with Crippen LogP contribution in [0.5, 0.6) is 17.2 Å². The Morgan fingerprint density at radius 3 is 2.29 bits per heavy atom. The smallest absolute Gasteiger partial charge is 0.193 e. The van der Waals surface area contributed by atoms with Crippen molar-refractivity contribution in [1.82, 2.24) is 4.90 Å². The van der Waals surface area contributed by atoms with E-state index in [-0.39, 0.29) is 5.43 Å². The van der Waals surface area contributed by atoms with E-state index in [1.807, 2.05) is 12.1 Å². The number of hydrogen-bond donors (Lipinski definition) is 0. The third-order valence-electron chi connectivity index (χ3n) is 5.83. The lowest BCUT2D eigenvalue weighted by Gasteiger charge is -2.20. The van der Waals surface area contributed by atoms with Gasteiger partial charge in [-0.05, 0) is 88.1 Å². The zero-order chi connectivity index (χ0) is 24.3. The molecule has 6 nitrogen and oxygen atoms in total. The van der Waals surface area contributed by atoms with Crippen LogP contribution in [-0.2, 0) is 0 Å². The monoisotopic (exact) mass is 467 g/mol. The first-order valence-electron chi connectivity index (χ1n) is 12.2. The minimum absolute atomic E-state index is 0.108. The molecular formula is C28H37NO5. The number of fused-ring (bicyclic) bond motifs is 1. The summed E-state index contributed by atoms with van der Waals surface area (Å²) in [5.74, 6) is 2.37. The molecule has 0 unspecified atom stereocenters. The fourth-order valence-electron chi connectivity index (χ4n) is 4.13. The summed E-state index contributed by atoms with van der Waals surface area (Å²) >= 11 is 0. The molecule has 0 bridgehead atoms. The fourth-order valence-corrected chi connectivity index (χ4v) is 4.13. The fraction of sp³-hybridized carbons (Fsp3) is 0.464. The Morgan fingerprint density at radius 2 is 1.59 bits per heavy atom. The van der Waals surface area contributed by atoms with Crippen molar-refractivity contribution >= 4 is 11.0 Å². The number of methoxy groups -OCH3 is 2. The van der Waals surface area contributed by atoms with Gasteiger partial charge in [-0.1, -0.05) is 13.8 Å². The molecule has 6 heteroatoms. The van der Waals surface area contributed by atoms with E-state index in [0.717, 1.165) is 24.9 Å². The van der Waals surface area contributed by atoms with Crippen molar-refractivity contribution in [1.29, 1.82) is 0 Å². The molecule has 0 radical (unpaired) electrons. The highest BCUT2D eigenvalue weighted by molar-refractivity contribution is 5.80. The number of nitrogens with zero attached hydrogens (tertiary/aromatic N) is 1. The van der Waals surface area contributed by atoms with Gasteiger partial charge in [0.1, 0.15) is 17.1 Å². The summed E-state index contributed by atoms with van der Waals surface area (Å²) in [7, 11) is 3.16. The van der Waals surface area contributed by atoms with Crippen LogP contribution < -0.4 is 19.6 Å². The van der Waals surface area contributed by atoms with E-state index in [9.17, 15) is 4.79 Å². The van der Waals surface area contributed by atoms with Crippen molar-refractivity contribution in [2.75, 3.05) is 40.5 Å². The summed E-state index contributed by atoms with van der Waals surface area (Å²) in [6.07, 6.45) is 5.72. The minimum Gasteiger partial charge on any atom is -0.494 e. The van der Waals surface area contributed by atoms with Crippen LogP contribution in [0.2, 0.25) is 0 Å². The van der Waals surface area contributed by atoms with Crippen molar-refractivity contribution in [2.45, 2.75) is 46.0 Å². The van der Waals surface area contributed by atoms with Crippen molar-refractivity contribution < 1.29 is 18.6 Å². The van der Waals surface area contributed by atoms with Gasteiger partial charge < -0.3 is 23.5 Å². The summed E-state index contributed by atoms with van der Waals surface area (Å²) in [5.41, 5.74) is 1.16. The van der Waals surface area contributed by atoms with E-state index in [2.05, 4.69) is 18.7 Å². The average Bonchev–Trinajstić information content (AvgIpc) is 2.86. The van der Waals surface area contributed by atoms with Gasteiger partial charge in [0.2, 0.25) is 0 Å². The molecule has 3 rings (SSSR count). The van der Waals surface area contributed by atoms with Crippen LogP contribution in [0.25, 0.3) is 22.3 Å². The predicted molar refractivity (Wildman–Crippen MR) is 137 cm³/mol. The lowest BCUT2D eigenvalue weighted by Crippen LogP contribution is -2.26. The predicted octanol–water partition coefficient (Wildman–Crippen LogP) is 6.15. The second kappa shape index (κ2) is 13.0. The van der Waals surface area contributed by atoms with Crippen LogP contribution in [0.1, 0.15) is 46.0 Å². The Labute approximate surface area is 202 Å². The van der Waals surface area contributed by atoms with Gasteiger partial charge in [0.05, 0.1) is 26.2 Å². The zero-order valence-corrected chi connectivity index (χ0v) is 20.9. The second-order valence-corrected chi connectivity index (χ2v) is 8.45. The number of rotatable bonds is 14. The van der Waals surface area contributed by atoms with Crippen molar-refractivity contribution in [3.8, 4) is 28.6 Å². The highest BCUT2D eigenvalue weighted by Gasteiger charge is 2.12. The summed E-state index contributed by atoms with van der Waals surface area (Å²) in [6.45, 7) is 8.62. The van der Waals surface area contributed by atoms with Gasteiger partial charge in [0.25, 0.3) is 0 Å². The van der Waals surface area contributed by atoms with E-state index in [1.54, 1.807) is 38.5 Å². The molecule has 0 aliphatic carbocycles. The minimum atomic E-state index is -0.108. The molecule has 0 aliphatic heterocycles. The molecular weight excluding hydrogens is 430 g/mol. The van der Waals surface area contributed by atoms with Gasteiger partial charge in [-0.2, -0.15) is 0 Å². The zero-order valence-electron chi connectivity index (χ0n) is 20.9. The average molecular weight is 468 g/mol. The number of unbranched alkanes of at least 4 members (excludes halogenated alkanes) is 2. The highest BCUT2D eigenvalue weighted by atomic mass is 16.5. The summed E-state index contributed by atoms with van der Waals surface area (Å²) in [4.78, 5) is 15.4. The Bertz CT molecular complexity index is 1100. The third-order valence-corrected chi connectivity index (χ3v) is 5.83. The van der Waals surface area contributed by atoms with Gasteiger partial charge in [0, 0.05) is 11.6 Å². The maximum atomic E-state index is 12.8. The van der Waals surface area contributed by atoms with Crippen LogP contribution in [0.3, 0.4) is 0 Å². The van der Waals surface area contributed by atoms with Crippen LogP contribution in [-0.4, -0.2) is 45.4 Å². The molecule has 0 spiro atoms. The Balaban J connectivity index is 1.60. The molecule has 1 heterocycles. The molecule has 1 aromatic heterocycles. The molecule has 0 amide bonds. The molecule has 3 aromatic rings. The first-order chi connectivity index (χ1) is 16.6. The summed E-state index contributed by atoms with van der Waals surface area (Å²) < 4.78 is 22.6. The summed E-state index contributed by atoms with van der Waals surface area (Å²) in [5, 5.41) is 0.511. The first kappa shape index (κ1) is 25.6. The van der Waals surface area contributed by atoms with E-state index in [1.165, 1.54) is 38.4 Å². The van der Waals surface area contributed by atoms with Gasteiger partial charge in [-0.15, -0.1) is 0 Å². The van der Waals surface area contributed by atoms with E-state index in [0.29, 0.717) is 40.6 Å². The van der Waals surface area contributed by atoms with Crippen LogP contribution >= 0.6 is 0 Å². The van der Waals surface area contributed by atoms with Crippen molar-refractivity contribution in [3.05, 3.63) is 52.7 Å². The Kier molecular flexibility index (Phi) is 9.83.